The zero-order valence-electron chi connectivity index (χ0n) is 16.7. The summed E-state index contributed by atoms with van der Waals surface area (Å²) in [6.45, 7) is 4.71. The van der Waals surface area contributed by atoms with E-state index in [1.165, 1.54) is 22.5 Å². The van der Waals surface area contributed by atoms with Crippen molar-refractivity contribution in [3.8, 4) is 6.07 Å². The maximum atomic E-state index is 9.95. The molecule has 3 aromatic rings. The first-order chi connectivity index (χ1) is 14.0. The van der Waals surface area contributed by atoms with E-state index in [1.807, 2.05) is 19.9 Å². The smallest absolute Gasteiger partial charge is 0.224 e. The second-order valence-corrected chi connectivity index (χ2v) is 8.15. The van der Waals surface area contributed by atoms with Gasteiger partial charge in [-0.15, -0.1) is 0 Å². The van der Waals surface area contributed by atoms with E-state index in [1.54, 1.807) is 0 Å². The highest BCUT2D eigenvalue weighted by Gasteiger charge is 2.47. The Morgan fingerprint density at radius 2 is 2.03 bits per heavy atom. The van der Waals surface area contributed by atoms with Crippen LogP contribution in [0, 0.1) is 16.7 Å². The van der Waals surface area contributed by atoms with E-state index in [0.717, 1.165) is 6.42 Å². The molecule has 0 aliphatic heterocycles. The Kier molecular flexibility index (Phi) is 5.08. The lowest BCUT2D eigenvalue weighted by Gasteiger charge is -2.49. The molecule has 150 valence electrons. The molecule has 1 aliphatic carbocycles. The van der Waals surface area contributed by atoms with Gasteiger partial charge in [0, 0.05) is 19.4 Å². The van der Waals surface area contributed by atoms with Gasteiger partial charge in [0.2, 0.25) is 5.95 Å². The first-order valence-electron chi connectivity index (χ1n) is 9.91. The number of fused-ring (bicyclic) bond motifs is 1. The molecule has 2 atom stereocenters. The predicted octanol–water partition coefficient (Wildman–Crippen LogP) is 3.97. The predicted molar refractivity (Wildman–Crippen MR) is 117 cm³/mol. The number of aromatic nitrogens is 2. The van der Waals surface area contributed by atoms with Crippen molar-refractivity contribution < 1.29 is 6.53 Å². The summed E-state index contributed by atoms with van der Waals surface area (Å²) < 4.78 is 0. The maximum absolute atomic E-state index is 9.95. The number of nitrogens with zero attached hydrogens (tertiary/aromatic N) is 3. The number of aliphatic hydroxyl groups is 1. The fourth-order valence-corrected chi connectivity index (χ4v) is 3.79. The van der Waals surface area contributed by atoms with Crippen molar-refractivity contribution in [1.82, 2.24) is 9.97 Å². The van der Waals surface area contributed by atoms with Crippen LogP contribution in [0.25, 0.3) is 10.8 Å². The summed E-state index contributed by atoms with van der Waals surface area (Å²) >= 11 is 0. The Morgan fingerprint density at radius 3 is 2.79 bits per heavy atom. The molecule has 1 heterocycles. The lowest BCUT2D eigenvalue weighted by molar-refractivity contribution is -0.0511. The topological polar surface area (TPSA) is 93.9 Å². The van der Waals surface area contributed by atoms with Gasteiger partial charge in [-0.3, -0.25) is 0 Å². The summed E-state index contributed by atoms with van der Waals surface area (Å²) in [4.78, 5) is 8.78. The van der Waals surface area contributed by atoms with Crippen LogP contribution >= 0.6 is 0 Å². The molecule has 0 saturated heterocycles. The number of nitriles is 1. The van der Waals surface area contributed by atoms with Crippen LogP contribution in [0.5, 0.6) is 0 Å². The van der Waals surface area contributed by atoms with Gasteiger partial charge in [0.1, 0.15) is 17.5 Å². The summed E-state index contributed by atoms with van der Waals surface area (Å²) in [5.74, 6) is 1.00. The number of hydrogen-bond acceptors (Lipinski definition) is 6. The van der Waals surface area contributed by atoms with Crippen LogP contribution in [-0.2, 0) is 6.42 Å². The first-order valence-corrected chi connectivity index (χ1v) is 9.91. The second-order valence-electron chi connectivity index (χ2n) is 8.15. The summed E-state index contributed by atoms with van der Waals surface area (Å²) in [5, 5.41) is 28.4. The fourth-order valence-electron chi connectivity index (χ4n) is 3.79. The number of anilines is 2. The van der Waals surface area contributed by atoms with Gasteiger partial charge >= 0.3 is 0 Å². The SMILES string of the molecule is CC1(C)[C@@H](O)C[C@H]1Nc1nc(NCCc2cccc3ccccc23)ncc1C#N.[HH]. The van der Waals surface area contributed by atoms with Crippen molar-refractivity contribution in [3.63, 3.8) is 0 Å². The van der Waals surface area contributed by atoms with E-state index >= 15 is 0 Å². The van der Waals surface area contributed by atoms with Crippen LogP contribution < -0.4 is 10.6 Å². The number of benzene rings is 2. The molecule has 6 nitrogen and oxygen atoms in total. The van der Waals surface area contributed by atoms with Gasteiger partial charge in [0.05, 0.1) is 12.3 Å². The van der Waals surface area contributed by atoms with Gasteiger partial charge in [-0.2, -0.15) is 10.2 Å². The molecule has 0 unspecified atom stereocenters. The quantitative estimate of drug-likeness (QED) is 0.590. The van der Waals surface area contributed by atoms with E-state index in [2.05, 4.69) is 63.1 Å². The molecule has 2 aromatic carbocycles. The third-order valence-electron chi connectivity index (χ3n) is 5.99. The minimum atomic E-state index is -0.342. The van der Waals surface area contributed by atoms with Crippen LogP contribution in [0.2, 0.25) is 0 Å². The zero-order valence-corrected chi connectivity index (χ0v) is 16.7. The highest BCUT2D eigenvalue weighted by Crippen LogP contribution is 2.42. The van der Waals surface area contributed by atoms with Gasteiger partial charge in [-0.1, -0.05) is 56.3 Å². The second kappa shape index (κ2) is 7.69. The van der Waals surface area contributed by atoms with E-state index in [4.69, 9.17) is 0 Å². The van der Waals surface area contributed by atoms with Crippen molar-refractivity contribution in [2.24, 2.45) is 5.41 Å². The molecule has 6 heteroatoms. The Morgan fingerprint density at radius 1 is 1.24 bits per heavy atom. The molecule has 29 heavy (non-hydrogen) atoms. The molecule has 1 aliphatic rings. The van der Waals surface area contributed by atoms with Crippen LogP contribution in [0.15, 0.2) is 48.7 Å². The Balaban J connectivity index is 0.00000256. The average Bonchev–Trinajstić information content (AvgIpc) is 2.74. The molecule has 0 amide bonds. The normalized spacial score (nSPS) is 19.9. The molecular formula is C23H27N5O. The van der Waals surface area contributed by atoms with Crippen molar-refractivity contribution in [2.45, 2.75) is 38.8 Å². The summed E-state index contributed by atoms with van der Waals surface area (Å²) in [7, 11) is 0. The maximum Gasteiger partial charge on any atom is 0.224 e. The lowest BCUT2D eigenvalue weighted by Crippen LogP contribution is -2.57. The minimum absolute atomic E-state index is 0. The molecule has 4 rings (SSSR count). The Labute approximate surface area is 172 Å². The van der Waals surface area contributed by atoms with Crippen LogP contribution in [0.4, 0.5) is 11.8 Å². The molecule has 3 N–H and O–H groups in total. The Bertz CT molecular complexity index is 1070. The Hall–Kier alpha value is -3.17. The van der Waals surface area contributed by atoms with Crippen molar-refractivity contribution in [2.75, 3.05) is 17.2 Å². The monoisotopic (exact) mass is 389 g/mol. The molecule has 0 bridgehead atoms. The molecule has 0 spiro atoms. The van der Waals surface area contributed by atoms with E-state index < -0.39 is 0 Å². The van der Waals surface area contributed by atoms with E-state index in [0.29, 0.717) is 30.3 Å². The van der Waals surface area contributed by atoms with Crippen LogP contribution in [0.3, 0.4) is 0 Å². The molecule has 1 fully saturated rings. The standard InChI is InChI=1S/C23H25N5O.H2/c1-23(2)19(12-20(23)29)27-21-17(13-24)14-26-22(28-21)25-11-10-16-8-5-7-15-6-3-4-9-18(15)16;/h3-9,14,19-20,29H,10-12H2,1-2H3,(H2,25,26,27,28);1H/t19-,20+;/m1./s1. The number of hydrogen-bond donors (Lipinski definition) is 3. The third-order valence-corrected chi connectivity index (χ3v) is 5.99. The summed E-state index contributed by atoms with van der Waals surface area (Å²) in [6, 6.07) is 16.9. The molecule has 1 saturated carbocycles. The minimum Gasteiger partial charge on any atom is -0.392 e. The highest BCUT2D eigenvalue weighted by atomic mass is 16.3. The molecular weight excluding hydrogens is 362 g/mol. The summed E-state index contributed by atoms with van der Waals surface area (Å²) in [5.41, 5.74) is 1.43. The van der Waals surface area contributed by atoms with Crippen LogP contribution in [0.1, 0.15) is 32.8 Å². The molecule has 1 aromatic heterocycles. The van der Waals surface area contributed by atoms with Gasteiger partial charge < -0.3 is 15.7 Å². The van der Waals surface area contributed by atoms with Crippen molar-refractivity contribution in [1.29, 1.82) is 5.26 Å². The van der Waals surface area contributed by atoms with Crippen molar-refractivity contribution >= 4 is 22.5 Å². The number of aliphatic hydroxyl groups excluding tert-OH is 1. The average molecular weight is 390 g/mol. The van der Waals surface area contributed by atoms with E-state index in [9.17, 15) is 10.4 Å². The third kappa shape index (κ3) is 3.74. The van der Waals surface area contributed by atoms with Crippen molar-refractivity contribution in [3.05, 3.63) is 59.8 Å². The van der Waals surface area contributed by atoms with Gasteiger partial charge in [0.25, 0.3) is 0 Å². The van der Waals surface area contributed by atoms with Crippen LogP contribution in [-0.4, -0.2) is 33.8 Å². The fraction of sp³-hybridized carbons (Fsp3) is 0.348. The van der Waals surface area contributed by atoms with Gasteiger partial charge in [-0.05, 0) is 29.2 Å². The summed E-state index contributed by atoms with van der Waals surface area (Å²) in [6.07, 6.45) is 2.68. The highest BCUT2D eigenvalue weighted by molar-refractivity contribution is 5.85. The van der Waals surface area contributed by atoms with Gasteiger partial charge in [0.15, 0.2) is 0 Å². The lowest BCUT2D eigenvalue weighted by atomic mass is 9.64. The number of nitrogens with one attached hydrogen (secondary N) is 2. The largest absolute Gasteiger partial charge is 0.392 e. The van der Waals surface area contributed by atoms with Gasteiger partial charge in [-0.25, -0.2) is 4.98 Å². The zero-order chi connectivity index (χ0) is 20.4. The molecule has 0 radical (unpaired) electrons. The number of rotatable bonds is 6. The first kappa shape index (κ1) is 19.2. The van der Waals surface area contributed by atoms with E-state index in [-0.39, 0.29) is 19.0 Å².